The lowest BCUT2D eigenvalue weighted by molar-refractivity contribution is 0.249. The number of likely N-dealkylation sites (tertiary alicyclic amines) is 1. The third-order valence-corrected chi connectivity index (χ3v) is 6.40. The SMILES string of the molecule is CN=C(NCc1ccc(N(C)C)cc1C)NCC(c1cccs1)N1CCCC1.I. The van der Waals surface area contributed by atoms with Crippen LogP contribution in [0.4, 0.5) is 5.69 Å². The third kappa shape index (κ3) is 6.58. The minimum atomic E-state index is 0. The highest BCUT2D eigenvalue weighted by Crippen LogP contribution is 2.27. The summed E-state index contributed by atoms with van der Waals surface area (Å²) in [6.45, 7) is 6.19. The molecule has 7 heteroatoms. The van der Waals surface area contributed by atoms with Gasteiger partial charge >= 0.3 is 0 Å². The molecular weight excluding hydrogens is 493 g/mol. The molecule has 2 N–H and O–H groups in total. The van der Waals surface area contributed by atoms with E-state index >= 15 is 0 Å². The maximum absolute atomic E-state index is 4.43. The van der Waals surface area contributed by atoms with Crippen molar-refractivity contribution in [3.8, 4) is 0 Å². The average Bonchev–Trinajstić information content (AvgIpc) is 3.39. The first-order valence-electron chi connectivity index (χ1n) is 10.1. The molecule has 1 aromatic heterocycles. The fraction of sp³-hybridized carbons (Fsp3) is 0.500. The van der Waals surface area contributed by atoms with Crippen molar-refractivity contribution in [1.29, 1.82) is 0 Å². The molecule has 1 aliphatic heterocycles. The molecule has 1 atom stereocenters. The summed E-state index contributed by atoms with van der Waals surface area (Å²) in [6, 6.07) is 11.4. The normalized spacial score (nSPS) is 15.7. The van der Waals surface area contributed by atoms with Crippen LogP contribution in [-0.4, -0.2) is 51.6 Å². The molecule has 1 saturated heterocycles. The van der Waals surface area contributed by atoms with E-state index in [-0.39, 0.29) is 24.0 Å². The van der Waals surface area contributed by atoms with Crippen LogP contribution in [0.15, 0.2) is 40.7 Å². The lowest BCUT2D eigenvalue weighted by Crippen LogP contribution is -2.42. The van der Waals surface area contributed by atoms with Gasteiger partial charge in [-0.25, -0.2) is 0 Å². The Bertz CT molecular complexity index is 770. The highest BCUT2D eigenvalue weighted by Gasteiger charge is 2.24. The maximum Gasteiger partial charge on any atom is 0.191 e. The van der Waals surface area contributed by atoms with Gasteiger partial charge in [-0.15, -0.1) is 35.3 Å². The van der Waals surface area contributed by atoms with Crippen LogP contribution < -0.4 is 15.5 Å². The van der Waals surface area contributed by atoms with Crippen LogP contribution in [0.25, 0.3) is 0 Å². The number of thiophene rings is 1. The number of nitrogens with one attached hydrogen (secondary N) is 2. The van der Waals surface area contributed by atoms with Crippen LogP contribution in [0.2, 0.25) is 0 Å². The number of benzene rings is 1. The number of hydrogen-bond donors (Lipinski definition) is 2. The largest absolute Gasteiger partial charge is 0.378 e. The molecule has 0 amide bonds. The van der Waals surface area contributed by atoms with E-state index in [1.807, 2.05) is 18.4 Å². The molecular formula is C22H34IN5S. The molecule has 0 spiro atoms. The first kappa shape index (κ1) is 24.0. The monoisotopic (exact) mass is 527 g/mol. The molecule has 3 rings (SSSR count). The standard InChI is InChI=1S/C22H33N5S.HI/c1-17-14-19(26(3)4)10-9-18(17)15-24-22(23-2)25-16-20(21-8-7-13-28-21)27-11-5-6-12-27;/h7-10,13-14,20H,5-6,11-12,15-16H2,1-4H3,(H2,23,24,25);1H. The van der Waals surface area contributed by atoms with Crippen LogP contribution in [-0.2, 0) is 6.54 Å². The summed E-state index contributed by atoms with van der Waals surface area (Å²) in [4.78, 5) is 10.6. The summed E-state index contributed by atoms with van der Waals surface area (Å²) in [5.41, 5.74) is 3.82. The maximum atomic E-state index is 4.43. The summed E-state index contributed by atoms with van der Waals surface area (Å²) in [5.74, 6) is 0.858. The molecule has 1 aliphatic rings. The Kier molecular flexibility index (Phi) is 9.71. The second-order valence-electron chi connectivity index (χ2n) is 7.59. The summed E-state index contributed by atoms with van der Waals surface area (Å²) >= 11 is 1.85. The molecule has 0 saturated carbocycles. The highest BCUT2D eigenvalue weighted by atomic mass is 127. The van der Waals surface area contributed by atoms with Crippen molar-refractivity contribution in [2.24, 2.45) is 4.99 Å². The van der Waals surface area contributed by atoms with Crippen molar-refractivity contribution >= 4 is 47.0 Å². The fourth-order valence-corrected chi connectivity index (χ4v) is 4.55. The Morgan fingerprint density at radius 2 is 1.97 bits per heavy atom. The third-order valence-electron chi connectivity index (χ3n) is 5.43. The lowest BCUT2D eigenvalue weighted by atomic mass is 10.1. The van der Waals surface area contributed by atoms with Crippen molar-refractivity contribution in [3.05, 3.63) is 51.7 Å². The number of guanidine groups is 1. The minimum Gasteiger partial charge on any atom is -0.378 e. The Morgan fingerprint density at radius 3 is 2.55 bits per heavy atom. The summed E-state index contributed by atoms with van der Waals surface area (Å²) in [5, 5.41) is 9.20. The average molecular weight is 528 g/mol. The Labute approximate surface area is 196 Å². The minimum absolute atomic E-state index is 0. The van der Waals surface area contributed by atoms with Gasteiger partial charge < -0.3 is 15.5 Å². The van der Waals surface area contributed by atoms with E-state index in [0.29, 0.717) is 6.04 Å². The number of hydrogen-bond acceptors (Lipinski definition) is 4. The lowest BCUT2D eigenvalue weighted by Gasteiger charge is -2.27. The van der Waals surface area contributed by atoms with Crippen LogP contribution >= 0.6 is 35.3 Å². The second-order valence-corrected chi connectivity index (χ2v) is 8.57. The molecule has 160 valence electrons. The van der Waals surface area contributed by atoms with Crippen molar-refractivity contribution in [3.63, 3.8) is 0 Å². The van der Waals surface area contributed by atoms with E-state index in [1.165, 1.54) is 47.6 Å². The molecule has 29 heavy (non-hydrogen) atoms. The number of halogens is 1. The van der Waals surface area contributed by atoms with Gasteiger partial charge in [0.2, 0.25) is 0 Å². The van der Waals surface area contributed by atoms with Gasteiger partial charge in [0.25, 0.3) is 0 Å². The van der Waals surface area contributed by atoms with Gasteiger partial charge in [0.05, 0.1) is 6.04 Å². The summed E-state index contributed by atoms with van der Waals surface area (Å²) in [7, 11) is 5.99. The van der Waals surface area contributed by atoms with Crippen molar-refractivity contribution in [1.82, 2.24) is 15.5 Å². The topological polar surface area (TPSA) is 42.9 Å². The zero-order valence-corrected chi connectivity index (χ0v) is 21.1. The first-order chi connectivity index (χ1) is 13.6. The fourth-order valence-electron chi connectivity index (χ4n) is 3.69. The van der Waals surface area contributed by atoms with E-state index in [9.17, 15) is 0 Å². The number of aliphatic imine (C=N–C) groups is 1. The molecule has 2 aromatic rings. The van der Waals surface area contributed by atoms with Gasteiger partial charge in [-0.1, -0.05) is 12.1 Å². The van der Waals surface area contributed by atoms with Crippen LogP contribution in [0.1, 0.15) is 34.9 Å². The van der Waals surface area contributed by atoms with Gasteiger partial charge in [0.15, 0.2) is 5.96 Å². The zero-order chi connectivity index (χ0) is 19.9. The first-order valence-corrected chi connectivity index (χ1v) is 10.9. The quantitative estimate of drug-likeness (QED) is 0.321. The van der Waals surface area contributed by atoms with Gasteiger partial charge in [-0.2, -0.15) is 0 Å². The van der Waals surface area contributed by atoms with Gasteiger partial charge in [0, 0.05) is 44.8 Å². The molecule has 1 fully saturated rings. The van der Waals surface area contributed by atoms with Gasteiger partial charge in [-0.3, -0.25) is 9.89 Å². The van der Waals surface area contributed by atoms with Gasteiger partial charge in [0.1, 0.15) is 0 Å². The van der Waals surface area contributed by atoms with E-state index < -0.39 is 0 Å². The van der Waals surface area contributed by atoms with E-state index in [2.05, 4.69) is 82.2 Å². The van der Waals surface area contributed by atoms with Crippen LogP contribution in [0.5, 0.6) is 0 Å². The summed E-state index contributed by atoms with van der Waals surface area (Å²) < 4.78 is 0. The van der Waals surface area contributed by atoms with Crippen LogP contribution in [0, 0.1) is 6.92 Å². The number of rotatable bonds is 7. The number of aryl methyl sites for hydroxylation is 1. The van der Waals surface area contributed by atoms with Crippen molar-refractivity contribution < 1.29 is 0 Å². The van der Waals surface area contributed by atoms with E-state index in [4.69, 9.17) is 0 Å². The van der Waals surface area contributed by atoms with E-state index in [1.54, 1.807) is 0 Å². The smallest absolute Gasteiger partial charge is 0.191 e. The molecule has 1 unspecified atom stereocenters. The summed E-state index contributed by atoms with van der Waals surface area (Å²) in [6.07, 6.45) is 2.61. The Morgan fingerprint density at radius 1 is 1.21 bits per heavy atom. The predicted octanol–water partition coefficient (Wildman–Crippen LogP) is 4.24. The second kappa shape index (κ2) is 11.8. The van der Waals surface area contributed by atoms with Gasteiger partial charge in [-0.05, 0) is 67.6 Å². The van der Waals surface area contributed by atoms with Crippen molar-refractivity contribution in [2.75, 3.05) is 45.7 Å². The molecule has 0 aliphatic carbocycles. The molecule has 5 nitrogen and oxygen atoms in total. The Hall–Kier alpha value is -1.32. The highest BCUT2D eigenvalue weighted by molar-refractivity contribution is 14.0. The number of nitrogens with zero attached hydrogens (tertiary/aromatic N) is 3. The molecule has 2 heterocycles. The number of anilines is 1. The van der Waals surface area contributed by atoms with E-state index in [0.717, 1.165) is 19.0 Å². The predicted molar refractivity (Wildman–Crippen MR) is 137 cm³/mol. The zero-order valence-electron chi connectivity index (χ0n) is 17.9. The Balaban J connectivity index is 0.00000300. The molecule has 0 radical (unpaired) electrons. The van der Waals surface area contributed by atoms with Crippen molar-refractivity contribution in [2.45, 2.75) is 32.4 Å². The van der Waals surface area contributed by atoms with Crippen LogP contribution in [0.3, 0.4) is 0 Å². The molecule has 1 aromatic carbocycles. The molecule has 0 bridgehead atoms.